The monoisotopic (exact) mass is 477 g/mol. The van der Waals surface area contributed by atoms with Crippen LogP contribution in [0.15, 0.2) is 72.8 Å². The lowest BCUT2D eigenvalue weighted by molar-refractivity contribution is -0.150. The van der Waals surface area contributed by atoms with Gasteiger partial charge in [0.05, 0.1) is 13.0 Å². The Morgan fingerprint density at radius 3 is 2.43 bits per heavy atom. The maximum Gasteiger partial charge on any atom is 0.329 e. The molecule has 0 radical (unpaired) electrons. The number of hydrogen-bond donors (Lipinski definition) is 1. The third-order valence-corrected chi connectivity index (χ3v) is 5.71. The number of fused-ring (bicyclic) bond motifs is 1. The van der Waals surface area contributed by atoms with Crippen LogP contribution in [0, 0.1) is 11.7 Å². The number of carbonyl (C=O) groups is 2. The number of halogens is 1. The normalized spacial score (nSPS) is 15.6. The van der Waals surface area contributed by atoms with Gasteiger partial charge in [0.2, 0.25) is 12.2 Å². The topological polar surface area (TPSA) is 73.9 Å². The van der Waals surface area contributed by atoms with Crippen molar-refractivity contribution in [2.75, 3.05) is 0 Å². The average Bonchev–Trinajstić information content (AvgIpc) is 2.86. The fourth-order valence-corrected chi connectivity index (χ4v) is 3.90. The van der Waals surface area contributed by atoms with E-state index in [0.717, 1.165) is 11.1 Å². The van der Waals surface area contributed by atoms with Crippen molar-refractivity contribution in [2.45, 2.75) is 45.8 Å². The number of nitrogens with one attached hydrogen (secondary N) is 1. The first-order valence-corrected chi connectivity index (χ1v) is 11.5. The second-order valence-corrected chi connectivity index (χ2v) is 8.78. The Bertz CT molecular complexity index is 1170. The van der Waals surface area contributed by atoms with Gasteiger partial charge < -0.3 is 19.5 Å². The van der Waals surface area contributed by atoms with Crippen molar-refractivity contribution in [1.82, 2.24) is 5.32 Å². The fraction of sp³-hybridized carbons (Fsp3) is 0.286. The first-order chi connectivity index (χ1) is 16.9. The lowest BCUT2D eigenvalue weighted by atomic mass is 10.0. The summed E-state index contributed by atoms with van der Waals surface area (Å²) in [5.74, 6) is -1.10. The number of rotatable bonds is 8. The number of esters is 1. The van der Waals surface area contributed by atoms with Crippen LogP contribution in [0.5, 0.6) is 5.75 Å². The van der Waals surface area contributed by atoms with Crippen molar-refractivity contribution in [3.05, 3.63) is 101 Å². The summed E-state index contributed by atoms with van der Waals surface area (Å²) < 4.78 is 31.5. The molecule has 3 aromatic carbocycles. The molecule has 1 N–H and O–H groups in total. The molecule has 0 aromatic heterocycles. The standard InChI is InChI=1S/C28H28FNO5/c1-18(2)25(30-24(31)13-19-9-5-3-6-10-19)27(32)33-16-21-14-23(29)15-22-17-34-28(35-26(21)22)20-11-7-4-8-12-20/h3-12,14-15,18,25,28H,13,16-17H2,1-2H3,(H,30,31)/t25-,28?/m1/s1. The molecule has 0 saturated heterocycles. The minimum atomic E-state index is -0.836. The molecule has 6 nitrogen and oxygen atoms in total. The van der Waals surface area contributed by atoms with E-state index in [1.165, 1.54) is 12.1 Å². The van der Waals surface area contributed by atoms with Crippen molar-refractivity contribution < 1.29 is 28.2 Å². The van der Waals surface area contributed by atoms with E-state index in [1.807, 2.05) is 74.5 Å². The van der Waals surface area contributed by atoms with E-state index in [4.69, 9.17) is 14.2 Å². The van der Waals surface area contributed by atoms with Gasteiger partial charge in [0.15, 0.2) is 0 Å². The molecule has 2 atom stereocenters. The SMILES string of the molecule is CC(C)[C@@H](NC(=O)Cc1ccccc1)C(=O)OCc1cc(F)cc2c1OC(c1ccccc1)OC2. The van der Waals surface area contributed by atoms with Gasteiger partial charge in [0, 0.05) is 16.7 Å². The van der Waals surface area contributed by atoms with Gasteiger partial charge in [0.1, 0.15) is 24.2 Å². The van der Waals surface area contributed by atoms with Crippen LogP contribution in [-0.2, 0) is 38.7 Å². The quantitative estimate of drug-likeness (QED) is 0.469. The molecule has 1 heterocycles. The Morgan fingerprint density at radius 1 is 1.06 bits per heavy atom. The highest BCUT2D eigenvalue weighted by Crippen LogP contribution is 2.36. The van der Waals surface area contributed by atoms with Gasteiger partial charge in [0.25, 0.3) is 0 Å². The van der Waals surface area contributed by atoms with Crippen LogP contribution in [0.2, 0.25) is 0 Å². The largest absolute Gasteiger partial charge is 0.460 e. The number of carbonyl (C=O) groups excluding carboxylic acids is 2. The highest BCUT2D eigenvalue weighted by molar-refractivity contribution is 5.85. The van der Waals surface area contributed by atoms with Gasteiger partial charge in [-0.25, -0.2) is 9.18 Å². The molecule has 0 bridgehead atoms. The maximum atomic E-state index is 14.3. The van der Waals surface area contributed by atoms with E-state index in [-0.39, 0.29) is 31.5 Å². The van der Waals surface area contributed by atoms with Crippen LogP contribution in [0.4, 0.5) is 4.39 Å². The minimum Gasteiger partial charge on any atom is -0.460 e. The smallest absolute Gasteiger partial charge is 0.329 e. The third-order valence-electron chi connectivity index (χ3n) is 5.71. The highest BCUT2D eigenvalue weighted by Gasteiger charge is 2.28. The number of hydrogen-bond acceptors (Lipinski definition) is 5. The molecular formula is C28H28FNO5. The molecule has 1 unspecified atom stereocenters. The maximum absolute atomic E-state index is 14.3. The molecule has 7 heteroatoms. The summed E-state index contributed by atoms with van der Waals surface area (Å²) in [7, 11) is 0. The van der Waals surface area contributed by atoms with Crippen molar-refractivity contribution >= 4 is 11.9 Å². The van der Waals surface area contributed by atoms with Gasteiger partial charge in [-0.3, -0.25) is 4.79 Å². The lowest BCUT2D eigenvalue weighted by Crippen LogP contribution is -2.45. The Labute approximate surface area is 204 Å². The van der Waals surface area contributed by atoms with Crippen LogP contribution >= 0.6 is 0 Å². The van der Waals surface area contributed by atoms with Gasteiger partial charge in [-0.2, -0.15) is 0 Å². The van der Waals surface area contributed by atoms with E-state index in [1.54, 1.807) is 0 Å². The zero-order chi connectivity index (χ0) is 24.8. The van der Waals surface area contributed by atoms with Crippen molar-refractivity contribution in [3.63, 3.8) is 0 Å². The molecule has 0 saturated carbocycles. The first kappa shape index (κ1) is 24.4. The van der Waals surface area contributed by atoms with Gasteiger partial charge >= 0.3 is 5.97 Å². The van der Waals surface area contributed by atoms with E-state index in [9.17, 15) is 14.0 Å². The zero-order valence-electron chi connectivity index (χ0n) is 19.7. The summed E-state index contributed by atoms with van der Waals surface area (Å²) in [6, 6.07) is 20.5. The predicted octanol–water partition coefficient (Wildman–Crippen LogP) is 4.86. The first-order valence-electron chi connectivity index (χ1n) is 11.5. The van der Waals surface area contributed by atoms with E-state index in [2.05, 4.69) is 5.32 Å². The van der Waals surface area contributed by atoms with Crippen molar-refractivity contribution in [3.8, 4) is 5.75 Å². The minimum absolute atomic E-state index is 0.156. The number of benzene rings is 3. The van der Waals surface area contributed by atoms with Gasteiger partial charge in [-0.1, -0.05) is 74.5 Å². The molecule has 0 spiro atoms. The fourth-order valence-electron chi connectivity index (χ4n) is 3.90. The van der Waals surface area contributed by atoms with Crippen LogP contribution in [0.25, 0.3) is 0 Å². The summed E-state index contributed by atoms with van der Waals surface area (Å²) >= 11 is 0. The average molecular weight is 478 g/mol. The molecule has 4 rings (SSSR count). The Balaban J connectivity index is 1.44. The summed E-state index contributed by atoms with van der Waals surface area (Å²) in [4.78, 5) is 25.4. The van der Waals surface area contributed by atoms with Crippen LogP contribution < -0.4 is 10.1 Å². The summed E-state index contributed by atoms with van der Waals surface area (Å²) in [5.41, 5.74) is 2.61. The Hall–Kier alpha value is -3.71. The van der Waals surface area contributed by atoms with Crippen molar-refractivity contribution in [2.24, 2.45) is 5.92 Å². The Kier molecular flexibility index (Phi) is 7.77. The van der Waals surface area contributed by atoms with Gasteiger partial charge in [-0.05, 0) is 23.6 Å². The van der Waals surface area contributed by atoms with Crippen LogP contribution in [-0.4, -0.2) is 17.9 Å². The predicted molar refractivity (Wildman–Crippen MR) is 128 cm³/mol. The molecule has 1 aliphatic rings. The Morgan fingerprint density at radius 2 is 1.74 bits per heavy atom. The highest BCUT2D eigenvalue weighted by atomic mass is 19.1. The van der Waals surface area contributed by atoms with E-state index < -0.39 is 24.1 Å². The van der Waals surface area contributed by atoms with Gasteiger partial charge in [-0.15, -0.1) is 0 Å². The van der Waals surface area contributed by atoms with Crippen molar-refractivity contribution in [1.29, 1.82) is 0 Å². The lowest BCUT2D eigenvalue weighted by Gasteiger charge is -2.28. The molecule has 1 aliphatic heterocycles. The van der Waals surface area contributed by atoms with E-state index >= 15 is 0 Å². The molecule has 3 aromatic rings. The van der Waals surface area contributed by atoms with Crippen LogP contribution in [0.3, 0.4) is 0 Å². The molecule has 0 aliphatic carbocycles. The third kappa shape index (κ3) is 6.25. The van der Waals surface area contributed by atoms with E-state index in [0.29, 0.717) is 16.9 Å². The van der Waals surface area contributed by atoms with Crippen LogP contribution in [0.1, 0.15) is 42.4 Å². The summed E-state index contributed by atoms with van der Waals surface area (Å²) in [6.45, 7) is 3.61. The summed E-state index contributed by atoms with van der Waals surface area (Å²) in [5, 5.41) is 2.76. The molecule has 1 amide bonds. The molecule has 0 fully saturated rings. The second-order valence-electron chi connectivity index (χ2n) is 8.78. The molecule has 35 heavy (non-hydrogen) atoms. The number of amides is 1. The number of ether oxygens (including phenoxy) is 3. The molecule has 182 valence electrons. The zero-order valence-corrected chi connectivity index (χ0v) is 19.7. The summed E-state index contributed by atoms with van der Waals surface area (Å²) in [6.07, 6.45) is -0.493. The molecular weight excluding hydrogens is 449 g/mol. The second kappa shape index (κ2) is 11.1.